The second kappa shape index (κ2) is 4.28. The van der Waals surface area contributed by atoms with Gasteiger partial charge in [0.1, 0.15) is 0 Å². The molecule has 3 N–H and O–H groups in total. The van der Waals surface area contributed by atoms with Gasteiger partial charge in [-0.05, 0) is 32.2 Å². The van der Waals surface area contributed by atoms with Gasteiger partial charge in [-0.2, -0.15) is 0 Å². The maximum absolute atomic E-state index is 11.3. The van der Waals surface area contributed by atoms with Gasteiger partial charge in [-0.15, -0.1) is 0 Å². The smallest absolute Gasteiger partial charge is 0.311 e. The molecule has 4 heteroatoms. The predicted octanol–water partition coefficient (Wildman–Crippen LogP) is 0.458. The quantitative estimate of drug-likeness (QED) is 0.620. The van der Waals surface area contributed by atoms with Crippen LogP contribution in [0, 0.1) is 11.3 Å². The lowest BCUT2D eigenvalue weighted by Crippen LogP contribution is -2.52. The third-order valence-electron chi connectivity index (χ3n) is 3.44. The molecular formula is C10H19NO3. The van der Waals surface area contributed by atoms with Crippen LogP contribution in [0.1, 0.15) is 26.7 Å². The van der Waals surface area contributed by atoms with Gasteiger partial charge in [0.25, 0.3) is 0 Å². The van der Waals surface area contributed by atoms with Gasteiger partial charge in [0, 0.05) is 6.54 Å². The first kappa shape index (κ1) is 11.5. The number of carbonyl (C=O) groups is 1. The van der Waals surface area contributed by atoms with E-state index in [4.69, 9.17) is 0 Å². The van der Waals surface area contributed by atoms with E-state index in [0.29, 0.717) is 13.0 Å². The molecule has 1 aliphatic rings. The van der Waals surface area contributed by atoms with Crippen molar-refractivity contribution in [3.8, 4) is 0 Å². The molecule has 0 bridgehead atoms. The number of piperidine rings is 1. The fourth-order valence-corrected chi connectivity index (χ4v) is 2.16. The summed E-state index contributed by atoms with van der Waals surface area (Å²) in [5, 5.41) is 21.9. The van der Waals surface area contributed by atoms with E-state index in [-0.39, 0.29) is 5.92 Å². The molecule has 1 saturated heterocycles. The largest absolute Gasteiger partial charge is 0.481 e. The molecule has 1 heterocycles. The van der Waals surface area contributed by atoms with Gasteiger partial charge >= 0.3 is 5.97 Å². The van der Waals surface area contributed by atoms with Crippen LogP contribution in [-0.2, 0) is 4.79 Å². The highest BCUT2D eigenvalue weighted by Gasteiger charge is 2.46. The second-order valence-electron chi connectivity index (χ2n) is 4.27. The van der Waals surface area contributed by atoms with Crippen LogP contribution in [0.15, 0.2) is 0 Å². The lowest BCUT2D eigenvalue weighted by Gasteiger charge is -2.39. The molecule has 3 atom stereocenters. The topological polar surface area (TPSA) is 69.6 Å². The number of aliphatic hydroxyl groups excluding tert-OH is 1. The Morgan fingerprint density at radius 3 is 2.50 bits per heavy atom. The molecule has 0 aromatic rings. The molecule has 0 radical (unpaired) electrons. The van der Waals surface area contributed by atoms with Crippen molar-refractivity contribution in [2.45, 2.75) is 32.8 Å². The fourth-order valence-electron chi connectivity index (χ4n) is 2.16. The lowest BCUT2D eigenvalue weighted by molar-refractivity contribution is -0.156. The lowest BCUT2D eigenvalue weighted by atomic mass is 9.69. The van der Waals surface area contributed by atoms with Crippen LogP contribution >= 0.6 is 0 Å². The van der Waals surface area contributed by atoms with Crippen molar-refractivity contribution in [1.82, 2.24) is 5.32 Å². The third kappa shape index (κ3) is 1.91. The number of carboxylic acids is 1. The zero-order chi connectivity index (χ0) is 10.8. The highest BCUT2D eigenvalue weighted by atomic mass is 16.4. The summed E-state index contributed by atoms with van der Waals surface area (Å²) in [6.45, 7) is 4.81. The minimum Gasteiger partial charge on any atom is -0.481 e. The molecule has 0 aromatic carbocycles. The van der Waals surface area contributed by atoms with Gasteiger partial charge in [0.05, 0.1) is 11.5 Å². The zero-order valence-electron chi connectivity index (χ0n) is 8.79. The van der Waals surface area contributed by atoms with Crippen LogP contribution in [0.25, 0.3) is 0 Å². The molecule has 3 unspecified atom stereocenters. The minimum absolute atomic E-state index is 0.215. The summed E-state index contributed by atoms with van der Waals surface area (Å²) >= 11 is 0. The van der Waals surface area contributed by atoms with Crippen molar-refractivity contribution in [2.24, 2.45) is 11.3 Å². The van der Waals surface area contributed by atoms with E-state index in [9.17, 15) is 15.0 Å². The number of hydrogen-bond donors (Lipinski definition) is 3. The van der Waals surface area contributed by atoms with Gasteiger partial charge < -0.3 is 15.5 Å². The van der Waals surface area contributed by atoms with Crippen LogP contribution < -0.4 is 5.32 Å². The van der Waals surface area contributed by atoms with Gasteiger partial charge in [-0.3, -0.25) is 4.79 Å². The van der Waals surface area contributed by atoms with E-state index in [2.05, 4.69) is 5.32 Å². The first-order valence-electron chi connectivity index (χ1n) is 5.13. The van der Waals surface area contributed by atoms with E-state index in [1.807, 2.05) is 6.92 Å². The summed E-state index contributed by atoms with van der Waals surface area (Å²) in [5.41, 5.74) is -0.785. The van der Waals surface area contributed by atoms with Crippen LogP contribution in [0.2, 0.25) is 0 Å². The summed E-state index contributed by atoms with van der Waals surface area (Å²) in [6.07, 6.45) is 0.941. The zero-order valence-corrected chi connectivity index (χ0v) is 8.79. The normalized spacial score (nSPS) is 32.2. The number of carboxylic acid groups (broad SMARTS) is 1. The molecule has 14 heavy (non-hydrogen) atoms. The third-order valence-corrected chi connectivity index (χ3v) is 3.44. The SMILES string of the molecule is CC(O)C(C)C1(C(=O)O)CCCNC1. The van der Waals surface area contributed by atoms with Crippen LogP contribution in [0.5, 0.6) is 0 Å². The summed E-state index contributed by atoms with van der Waals surface area (Å²) in [6, 6.07) is 0. The Morgan fingerprint density at radius 1 is 1.50 bits per heavy atom. The molecule has 0 spiro atoms. The van der Waals surface area contributed by atoms with Crippen molar-refractivity contribution in [1.29, 1.82) is 0 Å². The van der Waals surface area contributed by atoms with Gasteiger partial charge in [0.2, 0.25) is 0 Å². The highest BCUT2D eigenvalue weighted by Crippen LogP contribution is 2.36. The summed E-state index contributed by atoms with van der Waals surface area (Å²) < 4.78 is 0. The number of nitrogens with one attached hydrogen (secondary N) is 1. The number of aliphatic carboxylic acids is 1. The van der Waals surface area contributed by atoms with E-state index in [1.54, 1.807) is 6.92 Å². The number of rotatable bonds is 3. The van der Waals surface area contributed by atoms with Gasteiger partial charge in [-0.1, -0.05) is 6.92 Å². The van der Waals surface area contributed by atoms with Crippen molar-refractivity contribution in [3.63, 3.8) is 0 Å². The Balaban J connectivity index is 2.85. The van der Waals surface area contributed by atoms with Crippen molar-refractivity contribution < 1.29 is 15.0 Å². The minimum atomic E-state index is -0.793. The summed E-state index contributed by atoms with van der Waals surface area (Å²) in [7, 11) is 0. The Labute approximate surface area is 84.3 Å². The Bertz CT molecular complexity index is 209. The van der Waals surface area contributed by atoms with Crippen molar-refractivity contribution in [2.75, 3.05) is 13.1 Å². The van der Waals surface area contributed by atoms with Crippen molar-refractivity contribution in [3.05, 3.63) is 0 Å². The summed E-state index contributed by atoms with van der Waals surface area (Å²) in [4.78, 5) is 11.3. The van der Waals surface area contributed by atoms with Crippen molar-refractivity contribution >= 4 is 5.97 Å². The number of aliphatic hydroxyl groups is 1. The number of hydrogen-bond acceptors (Lipinski definition) is 3. The molecular weight excluding hydrogens is 182 g/mol. The fraction of sp³-hybridized carbons (Fsp3) is 0.900. The van der Waals surface area contributed by atoms with E-state index in [0.717, 1.165) is 13.0 Å². The molecule has 0 aromatic heterocycles. The van der Waals surface area contributed by atoms with E-state index >= 15 is 0 Å². The molecule has 1 rings (SSSR count). The average Bonchev–Trinajstić information content (AvgIpc) is 2.17. The molecule has 82 valence electrons. The molecule has 1 aliphatic heterocycles. The molecule has 0 aliphatic carbocycles. The average molecular weight is 201 g/mol. The van der Waals surface area contributed by atoms with Gasteiger partial charge in [-0.25, -0.2) is 0 Å². The molecule has 1 fully saturated rings. The first-order chi connectivity index (χ1) is 6.50. The molecule has 0 amide bonds. The monoisotopic (exact) mass is 201 g/mol. The highest BCUT2D eigenvalue weighted by molar-refractivity contribution is 5.75. The van der Waals surface area contributed by atoms with Crippen LogP contribution in [0.4, 0.5) is 0 Å². The standard InChI is InChI=1S/C10H19NO3/c1-7(8(2)12)10(9(13)14)4-3-5-11-6-10/h7-8,11-12H,3-6H2,1-2H3,(H,13,14). The van der Waals surface area contributed by atoms with Crippen LogP contribution in [-0.4, -0.2) is 35.4 Å². The summed E-state index contributed by atoms with van der Waals surface area (Å²) in [5.74, 6) is -1.01. The maximum atomic E-state index is 11.3. The Kier molecular flexibility index (Phi) is 3.50. The maximum Gasteiger partial charge on any atom is 0.311 e. The van der Waals surface area contributed by atoms with E-state index in [1.165, 1.54) is 0 Å². The molecule has 0 saturated carbocycles. The molecule has 4 nitrogen and oxygen atoms in total. The second-order valence-corrected chi connectivity index (χ2v) is 4.27. The Morgan fingerprint density at radius 2 is 2.14 bits per heavy atom. The van der Waals surface area contributed by atoms with E-state index < -0.39 is 17.5 Å². The Hall–Kier alpha value is -0.610. The van der Waals surface area contributed by atoms with Crippen LogP contribution in [0.3, 0.4) is 0 Å². The first-order valence-corrected chi connectivity index (χ1v) is 5.13. The van der Waals surface area contributed by atoms with Gasteiger partial charge in [0.15, 0.2) is 0 Å². The predicted molar refractivity (Wildman–Crippen MR) is 53.0 cm³/mol.